The van der Waals surface area contributed by atoms with Gasteiger partial charge in [0.25, 0.3) is 0 Å². The minimum atomic E-state index is -1.26. The van der Waals surface area contributed by atoms with E-state index in [9.17, 15) is 4.79 Å². The summed E-state index contributed by atoms with van der Waals surface area (Å²) in [7, 11) is 3.91. The molecular formula is C16H20N2O4. The van der Waals surface area contributed by atoms with Gasteiger partial charge in [0.05, 0.1) is 6.61 Å². The van der Waals surface area contributed by atoms with Crippen molar-refractivity contribution in [3.63, 3.8) is 0 Å². The summed E-state index contributed by atoms with van der Waals surface area (Å²) in [6.45, 7) is 3.59. The molecule has 6 heteroatoms. The Labute approximate surface area is 130 Å². The second-order valence-corrected chi connectivity index (χ2v) is 4.77. The lowest BCUT2D eigenvalue weighted by Gasteiger charge is -2.14. The number of nitrogens with zero attached hydrogens (tertiary/aromatic N) is 2. The van der Waals surface area contributed by atoms with Crippen LogP contribution >= 0.6 is 0 Å². The zero-order chi connectivity index (χ0) is 16.5. The number of ether oxygens (including phenoxy) is 2. The lowest BCUT2D eigenvalue weighted by molar-refractivity contribution is -0.132. The number of rotatable bonds is 8. The second kappa shape index (κ2) is 8.70. The van der Waals surface area contributed by atoms with Gasteiger partial charge in [-0.1, -0.05) is 6.07 Å². The van der Waals surface area contributed by atoms with E-state index in [0.29, 0.717) is 30.3 Å². The van der Waals surface area contributed by atoms with Crippen molar-refractivity contribution in [1.82, 2.24) is 4.90 Å². The molecule has 0 spiro atoms. The molecule has 0 aliphatic carbocycles. The molecule has 6 nitrogen and oxygen atoms in total. The molecule has 0 saturated heterocycles. The normalized spacial score (nSPS) is 11.1. The summed E-state index contributed by atoms with van der Waals surface area (Å²) in [5.41, 5.74) is 0.242. The molecule has 0 fully saturated rings. The lowest BCUT2D eigenvalue weighted by Crippen LogP contribution is -2.19. The maximum absolute atomic E-state index is 10.9. The predicted octanol–water partition coefficient (Wildman–Crippen LogP) is 2.02. The van der Waals surface area contributed by atoms with Gasteiger partial charge in [0.15, 0.2) is 11.5 Å². The average molecular weight is 304 g/mol. The van der Waals surface area contributed by atoms with E-state index in [-0.39, 0.29) is 5.57 Å². The summed E-state index contributed by atoms with van der Waals surface area (Å²) < 4.78 is 11.2. The second-order valence-electron chi connectivity index (χ2n) is 4.77. The van der Waals surface area contributed by atoms with Gasteiger partial charge in [0.2, 0.25) is 0 Å². The number of aliphatic carboxylic acids is 1. The Morgan fingerprint density at radius 2 is 2.09 bits per heavy atom. The molecule has 0 atom stereocenters. The molecule has 0 aliphatic heterocycles. The summed E-state index contributed by atoms with van der Waals surface area (Å²) in [4.78, 5) is 12.9. The number of hydrogen-bond acceptors (Lipinski definition) is 5. The molecule has 0 saturated carbocycles. The summed E-state index contributed by atoms with van der Waals surface area (Å²) in [5.74, 6) is -0.140. The van der Waals surface area contributed by atoms with Gasteiger partial charge < -0.3 is 19.5 Å². The Kier molecular flexibility index (Phi) is 6.93. The first kappa shape index (κ1) is 17.5. The first-order valence-corrected chi connectivity index (χ1v) is 6.87. The first-order chi connectivity index (χ1) is 10.5. The van der Waals surface area contributed by atoms with Gasteiger partial charge >= 0.3 is 5.97 Å². The van der Waals surface area contributed by atoms with Crippen molar-refractivity contribution < 1.29 is 19.4 Å². The molecule has 22 heavy (non-hydrogen) atoms. The number of carboxylic acid groups (broad SMARTS) is 1. The maximum atomic E-state index is 10.9. The molecular weight excluding hydrogens is 284 g/mol. The number of carbonyl (C=O) groups is 1. The van der Waals surface area contributed by atoms with Gasteiger partial charge in [0, 0.05) is 6.54 Å². The van der Waals surface area contributed by atoms with E-state index >= 15 is 0 Å². The quantitative estimate of drug-likeness (QED) is 0.584. The first-order valence-electron chi connectivity index (χ1n) is 6.87. The third kappa shape index (κ3) is 5.46. The molecule has 0 aliphatic rings. The van der Waals surface area contributed by atoms with Crippen LogP contribution in [0.4, 0.5) is 0 Å². The largest absolute Gasteiger partial charge is 0.490 e. The van der Waals surface area contributed by atoms with Crippen molar-refractivity contribution in [2.75, 3.05) is 33.9 Å². The highest BCUT2D eigenvalue weighted by Crippen LogP contribution is 2.29. The number of nitriles is 1. The van der Waals surface area contributed by atoms with Gasteiger partial charge in [-0.25, -0.2) is 4.79 Å². The topological polar surface area (TPSA) is 82.8 Å². The molecule has 1 N–H and O–H groups in total. The number of carboxylic acids is 1. The van der Waals surface area contributed by atoms with E-state index in [1.165, 1.54) is 6.08 Å². The van der Waals surface area contributed by atoms with Crippen molar-refractivity contribution in [3.8, 4) is 17.6 Å². The smallest absolute Gasteiger partial charge is 0.346 e. The molecule has 0 radical (unpaired) electrons. The summed E-state index contributed by atoms with van der Waals surface area (Å²) in [6.07, 6.45) is 1.30. The van der Waals surface area contributed by atoms with Crippen LogP contribution in [-0.2, 0) is 4.79 Å². The van der Waals surface area contributed by atoms with Gasteiger partial charge in [-0.05, 0) is 44.8 Å². The third-order valence-corrected chi connectivity index (χ3v) is 2.73. The third-order valence-electron chi connectivity index (χ3n) is 2.73. The Bertz CT molecular complexity index is 588. The minimum absolute atomic E-state index is 0.330. The Morgan fingerprint density at radius 3 is 2.64 bits per heavy atom. The number of hydrogen-bond donors (Lipinski definition) is 1. The van der Waals surface area contributed by atoms with Crippen LogP contribution in [0.2, 0.25) is 0 Å². The number of likely N-dealkylation sites (N-methyl/N-ethyl adjacent to an activating group) is 1. The van der Waals surface area contributed by atoms with Crippen molar-refractivity contribution in [2.24, 2.45) is 0 Å². The fraction of sp³-hybridized carbons (Fsp3) is 0.375. The van der Waals surface area contributed by atoms with Crippen molar-refractivity contribution in [2.45, 2.75) is 6.92 Å². The highest BCUT2D eigenvalue weighted by molar-refractivity contribution is 5.96. The number of benzene rings is 1. The Balaban J connectivity index is 2.99. The van der Waals surface area contributed by atoms with Gasteiger partial charge in [0.1, 0.15) is 18.2 Å². The Hall–Kier alpha value is -2.52. The van der Waals surface area contributed by atoms with E-state index < -0.39 is 5.97 Å². The van der Waals surface area contributed by atoms with Crippen molar-refractivity contribution >= 4 is 12.0 Å². The van der Waals surface area contributed by atoms with Gasteiger partial charge in [-0.15, -0.1) is 0 Å². The molecule has 1 aromatic carbocycles. The molecule has 0 bridgehead atoms. The van der Waals surface area contributed by atoms with Gasteiger partial charge in [-0.2, -0.15) is 5.26 Å². The lowest BCUT2D eigenvalue weighted by atomic mass is 10.1. The molecule has 0 aromatic heterocycles. The van der Waals surface area contributed by atoms with Crippen LogP contribution in [0.5, 0.6) is 11.5 Å². The van der Waals surface area contributed by atoms with Crippen LogP contribution in [0.25, 0.3) is 6.08 Å². The van der Waals surface area contributed by atoms with E-state index in [2.05, 4.69) is 0 Å². The van der Waals surface area contributed by atoms with Crippen LogP contribution < -0.4 is 9.47 Å². The highest BCUT2D eigenvalue weighted by atomic mass is 16.5. The van der Waals surface area contributed by atoms with Crippen LogP contribution in [0.1, 0.15) is 12.5 Å². The van der Waals surface area contributed by atoms with E-state index in [4.69, 9.17) is 19.8 Å². The SMILES string of the molecule is CCOc1cc(C=C(C#N)C(=O)O)ccc1OCCN(C)C. The predicted molar refractivity (Wildman–Crippen MR) is 82.9 cm³/mol. The maximum Gasteiger partial charge on any atom is 0.346 e. The molecule has 118 valence electrons. The van der Waals surface area contributed by atoms with E-state index in [1.54, 1.807) is 24.3 Å². The fourth-order valence-corrected chi connectivity index (χ4v) is 1.65. The minimum Gasteiger partial charge on any atom is -0.490 e. The Morgan fingerprint density at radius 1 is 1.36 bits per heavy atom. The summed E-state index contributed by atoms with van der Waals surface area (Å²) in [6, 6.07) is 6.71. The molecule has 0 heterocycles. The zero-order valence-electron chi connectivity index (χ0n) is 13.0. The van der Waals surface area contributed by atoms with Crippen molar-refractivity contribution in [3.05, 3.63) is 29.3 Å². The molecule has 0 amide bonds. The molecule has 0 unspecified atom stereocenters. The monoisotopic (exact) mass is 304 g/mol. The molecule has 1 aromatic rings. The molecule has 1 rings (SSSR count). The summed E-state index contributed by atoms with van der Waals surface area (Å²) >= 11 is 0. The zero-order valence-corrected chi connectivity index (χ0v) is 13.0. The highest BCUT2D eigenvalue weighted by Gasteiger charge is 2.09. The van der Waals surface area contributed by atoms with Crippen LogP contribution in [-0.4, -0.2) is 49.8 Å². The van der Waals surface area contributed by atoms with Gasteiger partial charge in [-0.3, -0.25) is 0 Å². The van der Waals surface area contributed by atoms with Crippen molar-refractivity contribution in [1.29, 1.82) is 5.26 Å². The van der Waals surface area contributed by atoms with Crippen LogP contribution in [0, 0.1) is 11.3 Å². The summed E-state index contributed by atoms with van der Waals surface area (Å²) in [5, 5.41) is 17.7. The average Bonchev–Trinajstić information content (AvgIpc) is 2.46. The van der Waals surface area contributed by atoms with E-state index in [0.717, 1.165) is 6.54 Å². The van der Waals surface area contributed by atoms with E-state index in [1.807, 2.05) is 25.9 Å². The fourth-order valence-electron chi connectivity index (χ4n) is 1.65. The standard InChI is InChI=1S/C16H20N2O4/c1-4-21-15-10-12(9-13(11-17)16(19)20)5-6-14(15)22-8-7-18(2)3/h5-6,9-10H,4,7-8H2,1-3H3,(H,19,20). The van der Waals surface area contributed by atoms with Crippen LogP contribution in [0.15, 0.2) is 23.8 Å². The van der Waals surface area contributed by atoms with Crippen LogP contribution in [0.3, 0.4) is 0 Å².